The maximum absolute atomic E-state index is 11.5. The number of carbonyl (C=O) groups is 1. The number of carbonyl (C=O) groups excluding carboxylic acids is 1. The Hall–Kier alpha value is -1.86. The van der Waals surface area contributed by atoms with E-state index in [9.17, 15) is 4.79 Å². The third-order valence-corrected chi connectivity index (χ3v) is 1.95. The third-order valence-electron chi connectivity index (χ3n) is 1.95. The number of hydrogen-bond acceptors (Lipinski definition) is 3. The molecule has 1 amide bonds. The Morgan fingerprint density at radius 3 is 2.94 bits per heavy atom. The fraction of sp³-hybridized carbons (Fsp3) is 0.333. The minimum Gasteiger partial charge on any atom is -0.310 e. The molecule has 84 valence electrons. The van der Waals surface area contributed by atoms with Gasteiger partial charge in [-0.3, -0.25) is 9.69 Å². The van der Waals surface area contributed by atoms with Crippen molar-refractivity contribution >= 4 is 11.7 Å². The van der Waals surface area contributed by atoms with Crippen molar-refractivity contribution in [2.75, 3.05) is 25.5 Å². The fourth-order valence-corrected chi connectivity index (χ4v) is 1.18. The van der Waals surface area contributed by atoms with Gasteiger partial charge in [0, 0.05) is 6.20 Å². The predicted molar refractivity (Wildman–Crippen MR) is 63.9 cm³/mol. The number of nitrogens with zero attached hydrogens (tertiary/aromatic N) is 2. The highest BCUT2D eigenvalue weighted by molar-refractivity contribution is 5.91. The molecule has 0 aliphatic heterocycles. The molecule has 1 aromatic rings. The van der Waals surface area contributed by atoms with Gasteiger partial charge in [-0.1, -0.05) is 12.0 Å². The Kier molecular flexibility index (Phi) is 4.49. The van der Waals surface area contributed by atoms with Gasteiger partial charge in [0.25, 0.3) is 0 Å². The van der Waals surface area contributed by atoms with Crippen molar-refractivity contribution in [3.8, 4) is 12.3 Å². The van der Waals surface area contributed by atoms with Crippen molar-refractivity contribution in [3.05, 3.63) is 23.9 Å². The molecule has 0 saturated carbocycles. The maximum atomic E-state index is 11.5. The van der Waals surface area contributed by atoms with Crippen molar-refractivity contribution in [2.24, 2.45) is 0 Å². The summed E-state index contributed by atoms with van der Waals surface area (Å²) in [6.45, 7) is 2.66. The first-order valence-corrected chi connectivity index (χ1v) is 4.96. The summed E-state index contributed by atoms with van der Waals surface area (Å²) in [5.41, 5.74) is 1.06. The summed E-state index contributed by atoms with van der Waals surface area (Å²) < 4.78 is 0. The van der Waals surface area contributed by atoms with Crippen LogP contribution in [0.5, 0.6) is 0 Å². The van der Waals surface area contributed by atoms with Crippen molar-refractivity contribution in [3.63, 3.8) is 0 Å². The summed E-state index contributed by atoms with van der Waals surface area (Å²) in [7, 11) is 1.79. The number of pyridine rings is 1. The number of nitrogens with one attached hydrogen (secondary N) is 1. The van der Waals surface area contributed by atoms with E-state index in [2.05, 4.69) is 16.2 Å². The number of hydrogen-bond donors (Lipinski definition) is 1. The lowest BCUT2D eigenvalue weighted by Crippen LogP contribution is -2.30. The van der Waals surface area contributed by atoms with Gasteiger partial charge in [0.1, 0.15) is 5.82 Å². The molecular weight excluding hydrogens is 202 g/mol. The van der Waals surface area contributed by atoms with E-state index in [0.29, 0.717) is 12.4 Å². The van der Waals surface area contributed by atoms with Crippen LogP contribution in [-0.2, 0) is 4.79 Å². The molecule has 4 heteroatoms. The van der Waals surface area contributed by atoms with Crippen LogP contribution in [0.3, 0.4) is 0 Å². The smallest absolute Gasteiger partial charge is 0.239 e. The zero-order valence-electron chi connectivity index (χ0n) is 9.53. The molecule has 1 aromatic heterocycles. The number of aromatic nitrogens is 1. The van der Waals surface area contributed by atoms with Crippen molar-refractivity contribution in [1.29, 1.82) is 0 Å². The fourth-order valence-electron chi connectivity index (χ4n) is 1.18. The van der Waals surface area contributed by atoms with Crippen LogP contribution in [0.15, 0.2) is 18.3 Å². The molecule has 0 saturated heterocycles. The van der Waals surface area contributed by atoms with Crippen LogP contribution in [0.1, 0.15) is 5.56 Å². The second kappa shape index (κ2) is 5.89. The average Bonchev–Trinajstić information content (AvgIpc) is 2.21. The van der Waals surface area contributed by atoms with E-state index >= 15 is 0 Å². The lowest BCUT2D eigenvalue weighted by atomic mass is 10.3. The van der Waals surface area contributed by atoms with E-state index in [4.69, 9.17) is 6.42 Å². The van der Waals surface area contributed by atoms with E-state index in [1.54, 1.807) is 24.2 Å². The van der Waals surface area contributed by atoms with Gasteiger partial charge in [-0.05, 0) is 25.6 Å². The first kappa shape index (κ1) is 12.2. The molecule has 0 spiro atoms. The van der Waals surface area contributed by atoms with Crippen LogP contribution < -0.4 is 5.32 Å². The summed E-state index contributed by atoms with van der Waals surface area (Å²) in [4.78, 5) is 17.4. The highest BCUT2D eigenvalue weighted by atomic mass is 16.2. The van der Waals surface area contributed by atoms with Crippen LogP contribution in [0.4, 0.5) is 5.82 Å². The Bertz CT molecular complexity index is 392. The number of aryl methyl sites for hydroxylation is 1. The van der Waals surface area contributed by atoms with E-state index in [0.717, 1.165) is 5.56 Å². The predicted octanol–water partition coefficient (Wildman–Crippen LogP) is 0.894. The molecule has 0 atom stereocenters. The summed E-state index contributed by atoms with van der Waals surface area (Å²) in [5.74, 6) is 2.92. The van der Waals surface area contributed by atoms with E-state index in [1.165, 1.54) is 0 Å². The molecule has 0 fully saturated rings. The van der Waals surface area contributed by atoms with Gasteiger partial charge in [-0.25, -0.2) is 4.98 Å². The first-order valence-electron chi connectivity index (χ1n) is 4.96. The number of likely N-dealkylation sites (N-methyl/N-ethyl adjacent to an activating group) is 1. The minimum atomic E-state index is -0.117. The summed E-state index contributed by atoms with van der Waals surface area (Å²) >= 11 is 0. The normalized spacial score (nSPS) is 9.88. The van der Waals surface area contributed by atoms with Gasteiger partial charge in [0.15, 0.2) is 0 Å². The molecular formula is C12H15N3O. The van der Waals surface area contributed by atoms with Crippen molar-refractivity contribution in [1.82, 2.24) is 9.88 Å². The van der Waals surface area contributed by atoms with E-state index in [-0.39, 0.29) is 12.5 Å². The topological polar surface area (TPSA) is 45.2 Å². The Balaban J connectivity index is 2.46. The van der Waals surface area contributed by atoms with Crippen LogP contribution in [0, 0.1) is 19.3 Å². The summed E-state index contributed by atoms with van der Waals surface area (Å²) in [6, 6.07) is 3.67. The Morgan fingerprint density at radius 1 is 1.62 bits per heavy atom. The second-order valence-corrected chi connectivity index (χ2v) is 3.65. The van der Waals surface area contributed by atoms with Crippen LogP contribution >= 0.6 is 0 Å². The Labute approximate surface area is 95.7 Å². The number of anilines is 1. The highest BCUT2D eigenvalue weighted by Gasteiger charge is 2.05. The van der Waals surface area contributed by atoms with Crippen molar-refractivity contribution < 1.29 is 4.79 Å². The largest absolute Gasteiger partial charge is 0.310 e. The summed E-state index contributed by atoms with van der Waals surface area (Å²) in [5, 5.41) is 2.70. The molecule has 1 heterocycles. The molecule has 0 aliphatic carbocycles. The molecule has 0 unspecified atom stereocenters. The van der Waals surface area contributed by atoms with Crippen molar-refractivity contribution in [2.45, 2.75) is 6.92 Å². The van der Waals surface area contributed by atoms with Crippen LogP contribution in [0.2, 0.25) is 0 Å². The molecule has 1 rings (SSSR count). The van der Waals surface area contributed by atoms with Crippen LogP contribution in [-0.4, -0.2) is 35.9 Å². The van der Waals surface area contributed by atoms with Gasteiger partial charge in [-0.15, -0.1) is 6.42 Å². The maximum Gasteiger partial charge on any atom is 0.239 e. The first-order chi connectivity index (χ1) is 7.61. The highest BCUT2D eigenvalue weighted by Crippen LogP contribution is 2.03. The summed E-state index contributed by atoms with van der Waals surface area (Å²) in [6.07, 6.45) is 6.85. The number of terminal acetylenes is 1. The molecule has 0 aromatic carbocycles. The second-order valence-electron chi connectivity index (χ2n) is 3.65. The molecule has 1 N–H and O–H groups in total. The zero-order valence-corrected chi connectivity index (χ0v) is 9.53. The van der Waals surface area contributed by atoms with Gasteiger partial charge in [0.2, 0.25) is 5.91 Å². The standard InChI is InChI=1S/C12H15N3O/c1-4-7-15(3)9-12(16)14-11-6-5-10(2)8-13-11/h1,5-6,8H,7,9H2,2-3H3,(H,13,14,16). The molecule has 0 radical (unpaired) electrons. The monoisotopic (exact) mass is 217 g/mol. The lowest BCUT2D eigenvalue weighted by molar-refractivity contribution is -0.116. The van der Waals surface area contributed by atoms with Gasteiger partial charge in [-0.2, -0.15) is 0 Å². The molecule has 0 bridgehead atoms. The lowest BCUT2D eigenvalue weighted by Gasteiger charge is -2.12. The number of rotatable bonds is 4. The van der Waals surface area contributed by atoms with Gasteiger partial charge < -0.3 is 5.32 Å². The SMILES string of the molecule is C#CCN(C)CC(=O)Nc1ccc(C)cn1. The van der Waals surface area contributed by atoms with E-state index in [1.807, 2.05) is 13.0 Å². The van der Waals surface area contributed by atoms with Gasteiger partial charge in [0.05, 0.1) is 13.1 Å². The minimum absolute atomic E-state index is 0.117. The quantitative estimate of drug-likeness (QED) is 0.762. The molecule has 0 aliphatic rings. The average molecular weight is 217 g/mol. The van der Waals surface area contributed by atoms with Crippen LogP contribution in [0.25, 0.3) is 0 Å². The third kappa shape index (κ3) is 4.11. The number of amides is 1. The molecule has 4 nitrogen and oxygen atoms in total. The van der Waals surface area contributed by atoms with Gasteiger partial charge >= 0.3 is 0 Å². The Morgan fingerprint density at radius 2 is 2.38 bits per heavy atom. The van der Waals surface area contributed by atoms with E-state index < -0.39 is 0 Å². The molecule has 16 heavy (non-hydrogen) atoms. The zero-order chi connectivity index (χ0) is 12.0.